The number of benzene rings is 1. The van der Waals surface area contributed by atoms with E-state index in [1.54, 1.807) is 0 Å². The number of thioether (sulfide) groups is 1. The first-order valence-corrected chi connectivity index (χ1v) is 14.0. The number of hydrogen-bond donors (Lipinski definition) is 0. The number of ketones is 1. The zero-order valence-corrected chi connectivity index (χ0v) is 24.5. The van der Waals surface area contributed by atoms with E-state index < -0.39 is 0 Å². The fraction of sp³-hybridized carbons (Fsp3) is 0.700. The lowest BCUT2D eigenvalue weighted by Gasteiger charge is -2.43. The van der Waals surface area contributed by atoms with Crippen molar-refractivity contribution in [3.8, 4) is 0 Å². The Hall–Kier alpha value is -0.803. The van der Waals surface area contributed by atoms with Gasteiger partial charge in [-0.15, -0.1) is 11.8 Å². The zero-order chi connectivity index (χ0) is 25.2. The molecule has 0 N–H and O–H groups in total. The van der Waals surface area contributed by atoms with E-state index >= 15 is 0 Å². The SMILES string of the molecule is C=C(C)C(=O)CC(C)(C)CC(C)(C)Sc1ccc(C(C)(C)C2CCC(C(C)(C)[Si])CC2)cc1. The molecule has 0 aromatic heterocycles. The second-order valence-corrected chi connectivity index (χ2v) is 16.2. The summed E-state index contributed by atoms with van der Waals surface area (Å²) in [6.07, 6.45) is 6.80. The molecule has 1 aromatic carbocycles. The first-order valence-electron chi connectivity index (χ1n) is 12.7. The molecule has 1 nitrogen and oxygen atoms in total. The van der Waals surface area contributed by atoms with Crippen LogP contribution >= 0.6 is 11.8 Å². The van der Waals surface area contributed by atoms with Crippen molar-refractivity contribution in [2.24, 2.45) is 17.3 Å². The Morgan fingerprint density at radius 2 is 1.42 bits per heavy atom. The molecule has 0 aliphatic heterocycles. The third-order valence-corrected chi connectivity index (χ3v) is 9.39. The molecule has 3 radical (unpaired) electrons. The molecule has 183 valence electrons. The first kappa shape index (κ1) is 28.4. The van der Waals surface area contributed by atoms with Crippen molar-refractivity contribution in [3.63, 3.8) is 0 Å². The van der Waals surface area contributed by atoms with E-state index in [9.17, 15) is 4.79 Å². The zero-order valence-electron chi connectivity index (χ0n) is 22.7. The fourth-order valence-electron chi connectivity index (χ4n) is 5.88. The topological polar surface area (TPSA) is 17.1 Å². The minimum atomic E-state index is -0.0448. The lowest BCUT2D eigenvalue weighted by Crippen LogP contribution is -2.34. The molecule has 0 bridgehead atoms. The Morgan fingerprint density at radius 3 is 1.88 bits per heavy atom. The highest BCUT2D eigenvalue weighted by molar-refractivity contribution is 8.00. The number of Topliss-reactive ketones (excluding diaryl/α,β-unsaturated/α-hetero) is 1. The van der Waals surface area contributed by atoms with Gasteiger partial charge in [-0.2, -0.15) is 0 Å². The van der Waals surface area contributed by atoms with Crippen LogP contribution in [0.3, 0.4) is 0 Å². The first-order chi connectivity index (χ1) is 14.9. The van der Waals surface area contributed by atoms with Gasteiger partial charge in [0.15, 0.2) is 5.78 Å². The number of rotatable bonds is 10. The lowest BCUT2D eigenvalue weighted by molar-refractivity contribution is -0.117. The standard InChI is InChI=1S/C30H47OSSi/c1-21(2)26(31)19-27(3,4)20-28(5,6)32-25-17-15-23(16-18-25)29(7,8)22-11-13-24(14-12-22)30(9,10)33/h15-18,22,24H,1,11-14,19-20H2,2-10H3. The van der Waals surface area contributed by atoms with E-state index in [1.165, 1.54) is 36.1 Å². The van der Waals surface area contributed by atoms with Gasteiger partial charge in [-0.25, -0.2) is 0 Å². The van der Waals surface area contributed by atoms with Crippen molar-refractivity contribution in [3.05, 3.63) is 42.0 Å². The van der Waals surface area contributed by atoms with Crippen LogP contribution in [0.15, 0.2) is 41.3 Å². The molecule has 0 spiro atoms. The van der Waals surface area contributed by atoms with E-state index in [0.29, 0.717) is 12.0 Å². The number of allylic oxidation sites excluding steroid dienone is 1. The fourth-order valence-corrected chi connectivity index (χ4v) is 7.54. The van der Waals surface area contributed by atoms with Crippen LogP contribution in [0.25, 0.3) is 0 Å². The second-order valence-electron chi connectivity index (χ2n) is 13.1. The summed E-state index contributed by atoms with van der Waals surface area (Å²) in [5.41, 5.74) is 2.27. The summed E-state index contributed by atoms with van der Waals surface area (Å²) >= 11 is 1.93. The van der Waals surface area contributed by atoms with Crippen molar-refractivity contribution in [1.82, 2.24) is 0 Å². The van der Waals surface area contributed by atoms with Gasteiger partial charge < -0.3 is 0 Å². The average molecular weight is 484 g/mol. The van der Waals surface area contributed by atoms with Gasteiger partial charge in [0.1, 0.15) is 0 Å². The van der Waals surface area contributed by atoms with Gasteiger partial charge in [-0.05, 0) is 90.0 Å². The van der Waals surface area contributed by atoms with Gasteiger partial charge in [0.05, 0.1) is 0 Å². The predicted octanol–water partition coefficient (Wildman–Crippen LogP) is 8.96. The Labute approximate surface area is 212 Å². The summed E-state index contributed by atoms with van der Waals surface area (Å²) in [5, 5.41) is 0.243. The van der Waals surface area contributed by atoms with Gasteiger partial charge in [0.25, 0.3) is 0 Å². The monoisotopic (exact) mass is 483 g/mol. The molecule has 1 aliphatic rings. The minimum absolute atomic E-state index is 0.0448. The Bertz CT molecular complexity index is 818. The maximum atomic E-state index is 12.2. The third kappa shape index (κ3) is 8.13. The highest BCUT2D eigenvalue weighted by Crippen LogP contribution is 2.48. The summed E-state index contributed by atoms with van der Waals surface area (Å²) in [4.78, 5) is 13.5. The maximum Gasteiger partial charge on any atom is 0.158 e. The summed E-state index contributed by atoms with van der Waals surface area (Å²) < 4.78 is 0.0522. The molecule has 1 saturated carbocycles. The Balaban J connectivity index is 2.02. The van der Waals surface area contributed by atoms with Crippen LogP contribution in [0.1, 0.15) is 106 Å². The van der Waals surface area contributed by atoms with E-state index in [-0.39, 0.29) is 26.4 Å². The molecular formula is C30H47OSSi. The lowest BCUT2D eigenvalue weighted by atomic mass is 9.64. The van der Waals surface area contributed by atoms with Crippen molar-refractivity contribution in [2.75, 3.05) is 0 Å². The molecule has 0 atom stereocenters. The molecular weight excluding hydrogens is 436 g/mol. The van der Waals surface area contributed by atoms with E-state index in [4.69, 9.17) is 0 Å². The van der Waals surface area contributed by atoms with Crippen molar-refractivity contribution >= 4 is 27.8 Å². The third-order valence-electron chi connectivity index (χ3n) is 7.78. The molecule has 0 unspecified atom stereocenters. The predicted molar refractivity (Wildman–Crippen MR) is 147 cm³/mol. The summed E-state index contributed by atoms with van der Waals surface area (Å²) in [7, 11) is 3.96. The van der Waals surface area contributed by atoms with Crippen LogP contribution in [0.2, 0.25) is 5.04 Å². The normalized spacial score (nSPS) is 20.5. The quantitative estimate of drug-likeness (QED) is 0.188. The summed E-state index contributed by atoms with van der Waals surface area (Å²) in [6.45, 7) is 24.1. The number of carbonyl (C=O) groups is 1. The minimum Gasteiger partial charge on any atom is -0.295 e. The van der Waals surface area contributed by atoms with Crippen LogP contribution in [0.4, 0.5) is 0 Å². The van der Waals surface area contributed by atoms with Crippen LogP contribution in [0, 0.1) is 17.3 Å². The highest BCUT2D eigenvalue weighted by atomic mass is 32.2. The van der Waals surface area contributed by atoms with Crippen LogP contribution in [0.5, 0.6) is 0 Å². The van der Waals surface area contributed by atoms with Gasteiger partial charge in [-0.3, -0.25) is 4.79 Å². The van der Waals surface area contributed by atoms with Gasteiger partial charge in [-0.1, -0.05) is 74.1 Å². The van der Waals surface area contributed by atoms with E-state index in [0.717, 1.165) is 18.3 Å². The van der Waals surface area contributed by atoms with Gasteiger partial charge >= 0.3 is 0 Å². The van der Waals surface area contributed by atoms with Crippen LogP contribution in [-0.4, -0.2) is 20.8 Å². The second kappa shape index (κ2) is 10.4. The highest BCUT2D eigenvalue weighted by Gasteiger charge is 2.37. The molecule has 1 aliphatic carbocycles. The number of carbonyl (C=O) groups excluding carboxylic acids is 1. The summed E-state index contributed by atoms with van der Waals surface area (Å²) in [6, 6.07) is 9.33. The molecule has 1 aromatic rings. The van der Waals surface area contributed by atoms with Crippen LogP contribution in [-0.2, 0) is 10.2 Å². The molecule has 0 saturated heterocycles. The van der Waals surface area contributed by atoms with Crippen molar-refractivity contribution in [2.45, 2.75) is 121 Å². The summed E-state index contributed by atoms with van der Waals surface area (Å²) in [5.74, 6) is 1.70. The molecule has 1 fully saturated rings. The maximum absolute atomic E-state index is 12.2. The van der Waals surface area contributed by atoms with Crippen LogP contribution < -0.4 is 0 Å². The Kier molecular flexibility index (Phi) is 9.00. The molecule has 0 amide bonds. The number of hydrogen-bond acceptors (Lipinski definition) is 2. The Morgan fingerprint density at radius 1 is 0.939 bits per heavy atom. The molecule has 33 heavy (non-hydrogen) atoms. The van der Waals surface area contributed by atoms with E-state index in [2.05, 4.69) is 96.5 Å². The van der Waals surface area contributed by atoms with Gasteiger partial charge in [0, 0.05) is 26.3 Å². The van der Waals surface area contributed by atoms with Crippen molar-refractivity contribution < 1.29 is 4.79 Å². The molecule has 3 heteroatoms. The smallest absolute Gasteiger partial charge is 0.158 e. The molecule has 0 heterocycles. The van der Waals surface area contributed by atoms with Gasteiger partial charge in [0.2, 0.25) is 0 Å². The van der Waals surface area contributed by atoms with Crippen molar-refractivity contribution in [1.29, 1.82) is 0 Å². The molecule has 2 rings (SSSR count). The average Bonchev–Trinajstić information content (AvgIpc) is 2.66. The van der Waals surface area contributed by atoms with E-state index in [1.807, 2.05) is 18.7 Å². The largest absolute Gasteiger partial charge is 0.295 e.